The van der Waals surface area contributed by atoms with Crippen LogP contribution >= 0.6 is 0 Å². The Balaban J connectivity index is 1.47. The predicted molar refractivity (Wildman–Crippen MR) is 74.6 cm³/mol. The molecule has 0 amide bonds. The summed E-state index contributed by atoms with van der Waals surface area (Å²) in [6, 6.07) is 2.17. The minimum absolute atomic E-state index is 0.524. The summed E-state index contributed by atoms with van der Waals surface area (Å²) in [5, 5.41) is 17.0. The lowest BCUT2D eigenvalue weighted by molar-refractivity contribution is -0.0395. The molecule has 4 fully saturated rings. The Morgan fingerprint density at radius 2 is 1.80 bits per heavy atom. The van der Waals surface area contributed by atoms with E-state index in [1.54, 1.807) is 4.68 Å². The lowest BCUT2D eigenvalue weighted by Crippen LogP contribution is -2.45. The second kappa shape index (κ2) is 4.58. The SMILES string of the molecule is Cn1nnc(C#N)c1CCC1C2CC3CC(C2)CC1C3. The Bertz CT molecular complexity index is 525. The van der Waals surface area contributed by atoms with E-state index in [2.05, 4.69) is 16.4 Å². The Hall–Kier alpha value is -1.37. The van der Waals surface area contributed by atoms with Crippen LogP contribution in [0, 0.1) is 40.9 Å². The fourth-order valence-electron chi connectivity index (χ4n) is 5.56. The molecule has 0 radical (unpaired) electrons. The smallest absolute Gasteiger partial charge is 0.185 e. The van der Waals surface area contributed by atoms with Gasteiger partial charge in [0.1, 0.15) is 6.07 Å². The molecule has 5 rings (SSSR count). The first kappa shape index (κ1) is 12.4. The van der Waals surface area contributed by atoms with Gasteiger partial charge in [-0.3, -0.25) is 4.68 Å². The molecule has 4 bridgehead atoms. The number of hydrogen-bond donors (Lipinski definition) is 0. The van der Waals surface area contributed by atoms with Gasteiger partial charge < -0.3 is 0 Å². The van der Waals surface area contributed by atoms with E-state index in [1.807, 2.05) is 7.05 Å². The van der Waals surface area contributed by atoms with E-state index >= 15 is 0 Å². The van der Waals surface area contributed by atoms with Crippen molar-refractivity contribution in [3.63, 3.8) is 0 Å². The second-order valence-corrected chi connectivity index (χ2v) is 7.25. The molecule has 1 aromatic heterocycles. The number of aromatic nitrogens is 3. The lowest BCUT2D eigenvalue weighted by atomic mass is 9.51. The molecule has 0 aromatic carbocycles. The number of hydrogen-bond acceptors (Lipinski definition) is 3. The van der Waals surface area contributed by atoms with Gasteiger partial charge in [-0.15, -0.1) is 5.10 Å². The van der Waals surface area contributed by atoms with Crippen LogP contribution < -0.4 is 0 Å². The Morgan fingerprint density at radius 1 is 1.15 bits per heavy atom. The molecule has 4 heteroatoms. The molecule has 1 aromatic rings. The quantitative estimate of drug-likeness (QED) is 0.848. The zero-order valence-electron chi connectivity index (χ0n) is 12.1. The number of aryl methyl sites for hydroxylation is 1. The lowest BCUT2D eigenvalue weighted by Gasteiger charge is -2.54. The van der Waals surface area contributed by atoms with Crippen molar-refractivity contribution < 1.29 is 0 Å². The summed E-state index contributed by atoms with van der Waals surface area (Å²) >= 11 is 0. The van der Waals surface area contributed by atoms with Crippen molar-refractivity contribution in [1.82, 2.24) is 15.0 Å². The third kappa shape index (κ3) is 1.87. The summed E-state index contributed by atoms with van der Waals surface area (Å²) in [5.74, 6) is 4.92. The summed E-state index contributed by atoms with van der Waals surface area (Å²) in [6.07, 6.45) is 9.63. The Labute approximate surface area is 120 Å². The molecule has 4 aliphatic rings. The van der Waals surface area contributed by atoms with Gasteiger partial charge in [0.2, 0.25) is 0 Å². The maximum Gasteiger partial charge on any atom is 0.185 e. The van der Waals surface area contributed by atoms with Gasteiger partial charge in [0.15, 0.2) is 5.69 Å². The third-order valence-corrected chi connectivity index (χ3v) is 6.19. The van der Waals surface area contributed by atoms with E-state index < -0.39 is 0 Å². The highest BCUT2D eigenvalue weighted by Crippen LogP contribution is 2.57. The maximum atomic E-state index is 9.10. The van der Waals surface area contributed by atoms with Crippen molar-refractivity contribution in [2.45, 2.75) is 44.9 Å². The van der Waals surface area contributed by atoms with Gasteiger partial charge in [-0.05, 0) is 74.5 Å². The average Bonchev–Trinajstić information content (AvgIpc) is 2.78. The molecule has 4 aliphatic carbocycles. The van der Waals surface area contributed by atoms with Gasteiger partial charge >= 0.3 is 0 Å². The van der Waals surface area contributed by atoms with Gasteiger partial charge in [0.25, 0.3) is 0 Å². The largest absolute Gasteiger partial charge is 0.251 e. The van der Waals surface area contributed by atoms with Crippen molar-refractivity contribution in [3.8, 4) is 6.07 Å². The number of rotatable bonds is 3. The van der Waals surface area contributed by atoms with Crippen molar-refractivity contribution in [2.75, 3.05) is 0 Å². The van der Waals surface area contributed by atoms with E-state index in [9.17, 15) is 0 Å². The molecule has 0 atom stereocenters. The van der Waals surface area contributed by atoms with Gasteiger partial charge in [0, 0.05) is 7.05 Å². The molecule has 0 saturated heterocycles. The van der Waals surface area contributed by atoms with Gasteiger partial charge in [0.05, 0.1) is 5.69 Å². The third-order valence-electron chi connectivity index (χ3n) is 6.19. The van der Waals surface area contributed by atoms with Crippen LogP contribution in [0.2, 0.25) is 0 Å². The highest BCUT2D eigenvalue weighted by Gasteiger charge is 2.47. The monoisotopic (exact) mass is 270 g/mol. The molecule has 4 saturated carbocycles. The zero-order chi connectivity index (χ0) is 13.7. The van der Waals surface area contributed by atoms with Crippen LogP contribution in [0.3, 0.4) is 0 Å². The Morgan fingerprint density at radius 3 is 2.40 bits per heavy atom. The highest BCUT2D eigenvalue weighted by molar-refractivity contribution is 5.24. The van der Waals surface area contributed by atoms with Crippen LogP contribution in [-0.2, 0) is 13.5 Å². The number of nitriles is 1. The molecule has 20 heavy (non-hydrogen) atoms. The molecule has 4 nitrogen and oxygen atoms in total. The van der Waals surface area contributed by atoms with Crippen LogP contribution in [0.25, 0.3) is 0 Å². The minimum atomic E-state index is 0.524. The molecule has 1 heterocycles. The molecule has 0 aliphatic heterocycles. The van der Waals surface area contributed by atoms with Crippen LogP contribution in [0.4, 0.5) is 0 Å². The highest BCUT2D eigenvalue weighted by atomic mass is 15.4. The first-order valence-electron chi connectivity index (χ1n) is 8.03. The van der Waals surface area contributed by atoms with E-state index in [-0.39, 0.29) is 0 Å². The molecular formula is C16H22N4. The molecular weight excluding hydrogens is 248 g/mol. The molecule has 0 spiro atoms. The van der Waals surface area contributed by atoms with Crippen LogP contribution in [0.1, 0.15) is 49.9 Å². The molecule has 0 unspecified atom stereocenters. The fraction of sp³-hybridized carbons (Fsp3) is 0.812. The van der Waals surface area contributed by atoms with E-state index in [4.69, 9.17) is 5.26 Å². The summed E-state index contributed by atoms with van der Waals surface area (Å²) in [6.45, 7) is 0. The van der Waals surface area contributed by atoms with Gasteiger partial charge in [-0.25, -0.2) is 0 Å². The fourth-order valence-corrected chi connectivity index (χ4v) is 5.56. The van der Waals surface area contributed by atoms with Crippen LogP contribution in [0.5, 0.6) is 0 Å². The van der Waals surface area contributed by atoms with Crippen molar-refractivity contribution in [1.29, 1.82) is 5.26 Å². The maximum absolute atomic E-state index is 9.10. The van der Waals surface area contributed by atoms with Crippen LogP contribution in [0.15, 0.2) is 0 Å². The minimum Gasteiger partial charge on any atom is -0.251 e. The summed E-state index contributed by atoms with van der Waals surface area (Å²) in [7, 11) is 1.90. The van der Waals surface area contributed by atoms with Crippen LogP contribution in [-0.4, -0.2) is 15.0 Å². The standard InChI is InChI=1S/C16H22N4/c1-20-16(15(9-17)18-19-20)3-2-14-12-5-10-4-11(7-12)8-13(14)6-10/h10-14H,2-8H2,1H3. The van der Waals surface area contributed by atoms with Crippen molar-refractivity contribution in [2.24, 2.45) is 36.6 Å². The first-order chi connectivity index (χ1) is 9.74. The second-order valence-electron chi connectivity index (χ2n) is 7.25. The first-order valence-corrected chi connectivity index (χ1v) is 8.03. The molecule has 106 valence electrons. The van der Waals surface area contributed by atoms with E-state index in [0.717, 1.165) is 41.7 Å². The Kier molecular flexibility index (Phi) is 2.83. The summed E-state index contributed by atoms with van der Waals surface area (Å²) in [4.78, 5) is 0. The van der Waals surface area contributed by atoms with E-state index in [0.29, 0.717) is 5.69 Å². The predicted octanol–water partition coefficient (Wildman–Crippen LogP) is 2.69. The summed E-state index contributed by atoms with van der Waals surface area (Å²) in [5.41, 5.74) is 1.55. The summed E-state index contributed by atoms with van der Waals surface area (Å²) < 4.78 is 1.79. The topological polar surface area (TPSA) is 54.5 Å². The van der Waals surface area contributed by atoms with E-state index in [1.165, 1.54) is 38.5 Å². The van der Waals surface area contributed by atoms with Crippen molar-refractivity contribution >= 4 is 0 Å². The normalized spacial score (nSPS) is 38.1. The zero-order valence-corrected chi connectivity index (χ0v) is 12.1. The molecule has 0 N–H and O–H groups in total. The van der Waals surface area contributed by atoms with Gasteiger partial charge in [-0.1, -0.05) is 5.21 Å². The number of nitrogens with zero attached hydrogens (tertiary/aromatic N) is 4. The van der Waals surface area contributed by atoms with Crippen molar-refractivity contribution in [3.05, 3.63) is 11.4 Å². The average molecular weight is 270 g/mol. The van der Waals surface area contributed by atoms with Gasteiger partial charge in [-0.2, -0.15) is 5.26 Å².